The Balaban J connectivity index is 2.21. The fourth-order valence-electron chi connectivity index (χ4n) is 2.65. The van der Waals surface area contributed by atoms with Crippen LogP contribution < -0.4 is 5.32 Å². The number of sulfone groups is 1. The Hall–Kier alpha value is -2.67. The number of hydrogen-bond donors (Lipinski definition) is 1. The normalized spacial score (nSPS) is 11.6. The van der Waals surface area contributed by atoms with Gasteiger partial charge in [-0.2, -0.15) is 0 Å². The molecule has 0 aliphatic carbocycles. The first-order valence-electron chi connectivity index (χ1n) is 7.29. The molecule has 1 N–H and O–H groups in total. The van der Waals surface area contributed by atoms with Crippen molar-refractivity contribution in [3.8, 4) is 11.1 Å². The topological polar surface area (TPSA) is 81.1 Å². The minimum Gasteiger partial charge on any atom is -0.349 e. The number of anilines is 1. The van der Waals surface area contributed by atoms with E-state index >= 15 is 0 Å². The second kappa shape index (κ2) is 5.76. The van der Waals surface area contributed by atoms with Crippen molar-refractivity contribution >= 4 is 32.5 Å². The number of pyridine rings is 1. The molecular weight excluding hydrogens is 326 g/mol. The Labute approximate surface area is 140 Å². The van der Waals surface area contributed by atoms with E-state index in [4.69, 9.17) is 0 Å². The summed E-state index contributed by atoms with van der Waals surface area (Å²) in [5.41, 5.74) is 2.57. The van der Waals surface area contributed by atoms with Crippen LogP contribution in [-0.4, -0.2) is 30.1 Å². The molecule has 0 atom stereocenters. The summed E-state index contributed by atoms with van der Waals surface area (Å²) in [4.78, 5) is 15.7. The number of nitrogens with one attached hydrogen (secondary N) is 1. The van der Waals surface area contributed by atoms with Gasteiger partial charge in [-0.25, -0.2) is 13.4 Å². The molecule has 1 aromatic carbocycles. The van der Waals surface area contributed by atoms with Crippen molar-refractivity contribution in [2.75, 3.05) is 11.6 Å². The number of rotatable bonds is 3. The van der Waals surface area contributed by atoms with Crippen LogP contribution in [-0.2, 0) is 21.7 Å². The number of amides is 1. The second-order valence-electron chi connectivity index (χ2n) is 5.72. The summed E-state index contributed by atoms with van der Waals surface area (Å²) in [6, 6.07) is 8.61. The van der Waals surface area contributed by atoms with Gasteiger partial charge in [0.1, 0.15) is 5.82 Å². The van der Waals surface area contributed by atoms with Crippen molar-refractivity contribution in [3.63, 3.8) is 0 Å². The first-order chi connectivity index (χ1) is 11.3. The maximum absolute atomic E-state index is 11.8. The molecule has 0 spiro atoms. The predicted molar refractivity (Wildman–Crippen MR) is 93.6 cm³/mol. The number of hydrogen-bond acceptors (Lipinski definition) is 4. The van der Waals surface area contributed by atoms with Gasteiger partial charge in [0.05, 0.1) is 16.6 Å². The Morgan fingerprint density at radius 1 is 1.25 bits per heavy atom. The zero-order chi connectivity index (χ0) is 17.5. The van der Waals surface area contributed by atoms with Crippen LogP contribution >= 0.6 is 0 Å². The molecule has 0 bridgehead atoms. The molecule has 2 heterocycles. The van der Waals surface area contributed by atoms with Crippen LogP contribution in [0.2, 0.25) is 0 Å². The van der Waals surface area contributed by atoms with Gasteiger partial charge >= 0.3 is 0 Å². The Bertz CT molecular complexity index is 1050. The Morgan fingerprint density at radius 2 is 2.00 bits per heavy atom. The van der Waals surface area contributed by atoms with Gasteiger partial charge in [-0.05, 0) is 23.8 Å². The van der Waals surface area contributed by atoms with E-state index in [2.05, 4.69) is 10.3 Å². The van der Waals surface area contributed by atoms with Gasteiger partial charge in [0, 0.05) is 37.4 Å². The van der Waals surface area contributed by atoms with Crippen LogP contribution in [0.3, 0.4) is 0 Å². The standard InChI is InChI=1S/C17H17N3O3S/c1-11(21)19-17-8-14-15(10-20(2)16(14)9-18-17)12-5-4-6-13(7-12)24(3,22)23/h4-10H,1-3H3,(H,18,19,21). The lowest BCUT2D eigenvalue weighted by atomic mass is 10.1. The fourth-order valence-corrected chi connectivity index (χ4v) is 3.32. The van der Waals surface area contributed by atoms with E-state index in [0.29, 0.717) is 5.82 Å². The minimum absolute atomic E-state index is 0.196. The average molecular weight is 343 g/mol. The summed E-state index contributed by atoms with van der Waals surface area (Å²) >= 11 is 0. The molecular formula is C17H17N3O3S. The maximum Gasteiger partial charge on any atom is 0.222 e. The number of nitrogens with zero attached hydrogens (tertiary/aromatic N) is 2. The maximum atomic E-state index is 11.8. The van der Waals surface area contributed by atoms with Gasteiger partial charge in [0.25, 0.3) is 0 Å². The lowest BCUT2D eigenvalue weighted by Gasteiger charge is -2.05. The van der Waals surface area contributed by atoms with E-state index in [1.165, 1.54) is 13.2 Å². The summed E-state index contributed by atoms with van der Waals surface area (Å²) in [7, 11) is -1.39. The van der Waals surface area contributed by atoms with Gasteiger partial charge in [0.2, 0.25) is 5.91 Å². The van der Waals surface area contributed by atoms with Gasteiger partial charge in [-0.15, -0.1) is 0 Å². The molecule has 0 radical (unpaired) electrons. The second-order valence-corrected chi connectivity index (χ2v) is 7.74. The minimum atomic E-state index is -3.28. The van der Waals surface area contributed by atoms with Crippen molar-refractivity contribution in [1.82, 2.24) is 9.55 Å². The Kier molecular flexibility index (Phi) is 3.88. The molecule has 0 aliphatic heterocycles. The number of aryl methyl sites for hydroxylation is 1. The van der Waals surface area contributed by atoms with E-state index in [9.17, 15) is 13.2 Å². The van der Waals surface area contributed by atoms with Gasteiger partial charge in [-0.3, -0.25) is 4.79 Å². The van der Waals surface area contributed by atoms with Crippen molar-refractivity contribution < 1.29 is 13.2 Å². The van der Waals surface area contributed by atoms with E-state index in [1.54, 1.807) is 30.5 Å². The van der Waals surface area contributed by atoms with Crippen LogP contribution in [0.1, 0.15) is 6.92 Å². The third kappa shape index (κ3) is 3.03. The van der Waals surface area contributed by atoms with Crippen LogP contribution in [0.25, 0.3) is 22.0 Å². The highest BCUT2D eigenvalue weighted by Gasteiger charge is 2.13. The number of carbonyl (C=O) groups excluding carboxylic acids is 1. The smallest absolute Gasteiger partial charge is 0.222 e. The first kappa shape index (κ1) is 16.2. The van der Waals surface area contributed by atoms with Crippen LogP contribution in [0.4, 0.5) is 5.82 Å². The monoisotopic (exact) mass is 343 g/mol. The summed E-state index contributed by atoms with van der Waals surface area (Å²) in [6.45, 7) is 1.42. The molecule has 3 rings (SSSR count). The summed E-state index contributed by atoms with van der Waals surface area (Å²) in [5.74, 6) is 0.264. The average Bonchev–Trinajstić information content (AvgIpc) is 2.83. The first-order valence-corrected chi connectivity index (χ1v) is 9.18. The van der Waals surface area contributed by atoms with Gasteiger partial charge < -0.3 is 9.88 Å². The molecule has 7 heteroatoms. The Morgan fingerprint density at radius 3 is 2.67 bits per heavy atom. The van der Waals surface area contributed by atoms with Crippen LogP contribution in [0.5, 0.6) is 0 Å². The molecule has 24 heavy (non-hydrogen) atoms. The highest BCUT2D eigenvalue weighted by molar-refractivity contribution is 7.90. The molecule has 2 aromatic heterocycles. The third-order valence-electron chi connectivity index (χ3n) is 3.75. The molecule has 6 nitrogen and oxygen atoms in total. The van der Waals surface area contributed by atoms with E-state index in [0.717, 1.165) is 22.0 Å². The zero-order valence-corrected chi connectivity index (χ0v) is 14.4. The van der Waals surface area contributed by atoms with Crippen molar-refractivity contribution in [3.05, 3.63) is 42.7 Å². The van der Waals surface area contributed by atoms with Crippen molar-refractivity contribution in [2.24, 2.45) is 7.05 Å². The molecule has 0 saturated carbocycles. The number of fused-ring (bicyclic) bond motifs is 1. The third-order valence-corrected chi connectivity index (χ3v) is 4.86. The summed E-state index contributed by atoms with van der Waals surface area (Å²) in [6.07, 6.45) is 4.80. The molecule has 0 fully saturated rings. The lowest BCUT2D eigenvalue weighted by Crippen LogP contribution is -2.07. The molecule has 124 valence electrons. The van der Waals surface area contributed by atoms with Crippen molar-refractivity contribution in [1.29, 1.82) is 0 Å². The SMILES string of the molecule is CC(=O)Nc1cc2c(-c3cccc(S(C)(=O)=O)c3)cn(C)c2cn1. The summed E-state index contributed by atoms with van der Waals surface area (Å²) in [5, 5.41) is 3.56. The number of benzene rings is 1. The zero-order valence-electron chi connectivity index (χ0n) is 13.6. The van der Waals surface area contributed by atoms with Crippen LogP contribution in [0.15, 0.2) is 47.6 Å². The van der Waals surface area contributed by atoms with Crippen LogP contribution in [0, 0.1) is 0 Å². The van der Waals surface area contributed by atoms with Gasteiger partial charge in [-0.1, -0.05) is 12.1 Å². The number of aromatic nitrogens is 2. The van der Waals surface area contributed by atoms with Crippen molar-refractivity contribution in [2.45, 2.75) is 11.8 Å². The highest BCUT2D eigenvalue weighted by Crippen LogP contribution is 2.32. The quantitative estimate of drug-likeness (QED) is 0.792. The van der Waals surface area contributed by atoms with E-state index < -0.39 is 9.84 Å². The molecule has 0 unspecified atom stereocenters. The molecule has 1 amide bonds. The number of carbonyl (C=O) groups is 1. The predicted octanol–water partition coefficient (Wildman–Crippen LogP) is 2.60. The van der Waals surface area contributed by atoms with Gasteiger partial charge in [0.15, 0.2) is 9.84 Å². The lowest BCUT2D eigenvalue weighted by molar-refractivity contribution is -0.114. The highest BCUT2D eigenvalue weighted by atomic mass is 32.2. The van der Waals surface area contributed by atoms with E-state index in [1.807, 2.05) is 23.9 Å². The van der Waals surface area contributed by atoms with E-state index in [-0.39, 0.29) is 10.8 Å². The summed E-state index contributed by atoms with van der Waals surface area (Å²) < 4.78 is 25.5. The molecule has 3 aromatic rings. The fraction of sp³-hybridized carbons (Fsp3) is 0.176. The molecule has 0 aliphatic rings. The molecule has 0 saturated heterocycles. The largest absolute Gasteiger partial charge is 0.349 e.